The van der Waals surface area contributed by atoms with Crippen molar-refractivity contribution in [2.75, 3.05) is 12.4 Å². The molecule has 0 fully saturated rings. The summed E-state index contributed by atoms with van der Waals surface area (Å²) in [5.41, 5.74) is 0.621. The van der Waals surface area contributed by atoms with Gasteiger partial charge in [-0.25, -0.2) is 14.4 Å². The molecule has 2 rings (SSSR count). The zero-order valence-corrected chi connectivity index (χ0v) is 8.14. The zero-order chi connectivity index (χ0) is 10.1. The Labute approximate surface area is 84.9 Å². The topological polar surface area (TPSA) is 37.8 Å². The van der Waals surface area contributed by atoms with Crippen LogP contribution in [-0.4, -0.2) is 17.0 Å². The molecular weight excluding hydrogens is 205 g/mol. The normalized spacial score (nSPS) is 10.5. The van der Waals surface area contributed by atoms with E-state index in [0.717, 1.165) is 0 Å². The summed E-state index contributed by atoms with van der Waals surface area (Å²) in [6.07, 6.45) is 0. The number of nitrogens with one attached hydrogen (secondary N) is 1. The highest BCUT2D eigenvalue weighted by Gasteiger charge is 2.05. The maximum Gasteiger partial charge on any atom is 0.224 e. The zero-order valence-electron chi connectivity index (χ0n) is 7.38. The van der Waals surface area contributed by atoms with Crippen molar-refractivity contribution in [2.24, 2.45) is 0 Å². The number of hydrogen-bond acceptors (Lipinski definition) is 3. The van der Waals surface area contributed by atoms with Gasteiger partial charge in [0.1, 0.15) is 11.6 Å². The summed E-state index contributed by atoms with van der Waals surface area (Å²) in [6, 6.07) is 4.28. The molecule has 0 bridgehead atoms. The first-order chi connectivity index (χ1) is 6.70. The third-order valence-electron chi connectivity index (χ3n) is 1.87. The fourth-order valence-corrected chi connectivity index (χ4v) is 1.44. The van der Waals surface area contributed by atoms with E-state index in [-0.39, 0.29) is 11.1 Å². The van der Waals surface area contributed by atoms with Crippen molar-refractivity contribution in [1.82, 2.24) is 9.97 Å². The van der Waals surface area contributed by atoms with Crippen molar-refractivity contribution in [3.8, 4) is 0 Å². The Morgan fingerprint density at radius 1 is 1.36 bits per heavy atom. The van der Waals surface area contributed by atoms with Crippen molar-refractivity contribution in [1.29, 1.82) is 0 Å². The van der Waals surface area contributed by atoms with Gasteiger partial charge in [0.05, 0.1) is 5.52 Å². The largest absolute Gasteiger partial charge is 0.372 e. The number of hydrogen-bond donors (Lipinski definition) is 1. The van der Waals surface area contributed by atoms with Gasteiger partial charge >= 0.3 is 0 Å². The van der Waals surface area contributed by atoms with Crippen LogP contribution in [0.25, 0.3) is 10.9 Å². The Balaban J connectivity index is 2.81. The van der Waals surface area contributed by atoms with Crippen LogP contribution in [0.15, 0.2) is 18.2 Å². The molecule has 2 aromatic rings. The number of fused-ring (bicyclic) bond motifs is 1. The lowest BCUT2D eigenvalue weighted by molar-refractivity contribution is 0.629. The standard InChI is InChI=1S/C9H7ClFN3/c1-12-8-6-4-5(11)2-3-7(6)13-9(10)14-8/h2-4H,1H3,(H,12,13,14). The highest BCUT2D eigenvalue weighted by atomic mass is 35.5. The Morgan fingerprint density at radius 2 is 2.14 bits per heavy atom. The highest BCUT2D eigenvalue weighted by Crippen LogP contribution is 2.22. The average Bonchev–Trinajstić information content (AvgIpc) is 2.17. The molecule has 1 heterocycles. The lowest BCUT2D eigenvalue weighted by Crippen LogP contribution is -1.96. The Bertz CT molecular complexity index is 487. The predicted molar refractivity (Wildman–Crippen MR) is 54.1 cm³/mol. The van der Waals surface area contributed by atoms with Gasteiger partial charge in [0.25, 0.3) is 0 Å². The van der Waals surface area contributed by atoms with Gasteiger partial charge < -0.3 is 5.32 Å². The van der Waals surface area contributed by atoms with Crippen LogP contribution in [0.1, 0.15) is 0 Å². The smallest absolute Gasteiger partial charge is 0.224 e. The molecule has 72 valence electrons. The number of nitrogens with zero attached hydrogens (tertiary/aromatic N) is 2. The quantitative estimate of drug-likeness (QED) is 0.737. The van der Waals surface area contributed by atoms with Crippen molar-refractivity contribution in [3.63, 3.8) is 0 Å². The minimum Gasteiger partial charge on any atom is -0.372 e. The molecule has 0 atom stereocenters. The van der Waals surface area contributed by atoms with Crippen molar-refractivity contribution < 1.29 is 4.39 Å². The molecule has 5 heteroatoms. The van der Waals surface area contributed by atoms with Crippen molar-refractivity contribution in [2.45, 2.75) is 0 Å². The summed E-state index contributed by atoms with van der Waals surface area (Å²) in [7, 11) is 1.70. The van der Waals surface area contributed by atoms with E-state index in [9.17, 15) is 4.39 Å². The van der Waals surface area contributed by atoms with E-state index in [1.54, 1.807) is 13.1 Å². The second-order valence-electron chi connectivity index (χ2n) is 2.75. The third kappa shape index (κ3) is 1.48. The molecule has 0 radical (unpaired) electrons. The number of anilines is 1. The van der Waals surface area contributed by atoms with E-state index in [1.807, 2.05) is 0 Å². The molecular formula is C9H7ClFN3. The summed E-state index contributed by atoms with van der Waals surface area (Å²) in [5.74, 6) is 0.208. The molecule has 3 nitrogen and oxygen atoms in total. The van der Waals surface area contributed by atoms with Crippen LogP contribution in [0.3, 0.4) is 0 Å². The van der Waals surface area contributed by atoms with Gasteiger partial charge in [-0.2, -0.15) is 0 Å². The molecule has 1 aromatic heterocycles. The fourth-order valence-electron chi connectivity index (χ4n) is 1.26. The molecule has 0 spiro atoms. The van der Waals surface area contributed by atoms with E-state index < -0.39 is 0 Å². The molecule has 0 aliphatic rings. The van der Waals surface area contributed by atoms with Crippen LogP contribution in [0.5, 0.6) is 0 Å². The number of aromatic nitrogens is 2. The predicted octanol–water partition coefficient (Wildman–Crippen LogP) is 2.46. The molecule has 1 aromatic carbocycles. The van der Waals surface area contributed by atoms with Gasteiger partial charge in [-0.3, -0.25) is 0 Å². The second-order valence-corrected chi connectivity index (χ2v) is 3.09. The van der Waals surface area contributed by atoms with Crippen LogP contribution in [0.4, 0.5) is 10.2 Å². The molecule has 1 N–H and O–H groups in total. The summed E-state index contributed by atoms with van der Waals surface area (Å²) in [5, 5.41) is 3.60. The maximum absolute atomic E-state index is 12.9. The van der Waals surface area contributed by atoms with E-state index in [4.69, 9.17) is 11.6 Å². The summed E-state index contributed by atoms with van der Waals surface area (Å²) >= 11 is 5.69. The monoisotopic (exact) mass is 211 g/mol. The molecule has 14 heavy (non-hydrogen) atoms. The lowest BCUT2D eigenvalue weighted by Gasteiger charge is -2.04. The highest BCUT2D eigenvalue weighted by molar-refractivity contribution is 6.28. The second kappa shape index (κ2) is 3.38. The van der Waals surface area contributed by atoms with Crippen LogP contribution in [0.2, 0.25) is 5.28 Å². The number of rotatable bonds is 1. The number of halogens is 2. The van der Waals surface area contributed by atoms with Crippen LogP contribution >= 0.6 is 11.6 Å². The summed E-state index contributed by atoms with van der Waals surface area (Å²) in [4.78, 5) is 7.91. The summed E-state index contributed by atoms with van der Waals surface area (Å²) in [6.45, 7) is 0. The van der Waals surface area contributed by atoms with Crippen molar-refractivity contribution in [3.05, 3.63) is 29.3 Å². The van der Waals surface area contributed by atoms with E-state index in [2.05, 4.69) is 15.3 Å². The molecule has 0 saturated carbocycles. The molecule has 0 unspecified atom stereocenters. The number of benzene rings is 1. The van der Waals surface area contributed by atoms with Gasteiger partial charge in [0.2, 0.25) is 5.28 Å². The fraction of sp³-hybridized carbons (Fsp3) is 0.111. The molecule has 0 aliphatic heterocycles. The summed E-state index contributed by atoms with van der Waals surface area (Å²) < 4.78 is 12.9. The molecule has 0 saturated heterocycles. The van der Waals surface area contributed by atoms with E-state index in [1.165, 1.54) is 12.1 Å². The molecule has 0 amide bonds. The SMILES string of the molecule is CNc1nc(Cl)nc2ccc(F)cc12. The minimum absolute atomic E-state index is 0.147. The lowest BCUT2D eigenvalue weighted by atomic mass is 10.2. The van der Waals surface area contributed by atoms with Crippen molar-refractivity contribution >= 4 is 28.3 Å². The Morgan fingerprint density at radius 3 is 2.86 bits per heavy atom. The van der Waals surface area contributed by atoms with E-state index >= 15 is 0 Å². The maximum atomic E-state index is 12.9. The molecule has 0 aliphatic carbocycles. The van der Waals surface area contributed by atoms with Gasteiger partial charge in [-0.15, -0.1) is 0 Å². The van der Waals surface area contributed by atoms with Gasteiger partial charge in [-0.1, -0.05) is 0 Å². The third-order valence-corrected chi connectivity index (χ3v) is 2.04. The first-order valence-electron chi connectivity index (χ1n) is 4.01. The van der Waals surface area contributed by atoms with Gasteiger partial charge in [0.15, 0.2) is 0 Å². The first-order valence-corrected chi connectivity index (χ1v) is 4.39. The van der Waals surface area contributed by atoms with E-state index in [0.29, 0.717) is 16.7 Å². The average molecular weight is 212 g/mol. The van der Waals surface area contributed by atoms with Gasteiger partial charge in [0, 0.05) is 12.4 Å². The van der Waals surface area contributed by atoms with Crippen LogP contribution in [0, 0.1) is 5.82 Å². The van der Waals surface area contributed by atoms with Crippen LogP contribution in [-0.2, 0) is 0 Å². The Kier molecular flexibility index (Phi) is 2.21. The van der Waals surface area contributed by atoms with Gasteiger partial charge in [-0.05, 0) is 29.8 Å². The minimum atomic E-state index is -0.320. The first kappa shape index (κ1) is 9.15. The van der Waals surface area contributed by atoms with Crippen LogP contribution < -0.4 is 5.32 Å². The Hall–Kier alpha value is -1.42.